The summed E-state index contributed by atoms with van der Waals surface area (Å²) in [6.07, 6.45) is 1.60. The van der Waals surface area contributed by atoms with E-state index in [1.54, 1.807) is 18.2 Å². The first-order chi connectivity index (χ1) is 11.5. The number of nitrogens with zero attached hydrogens (tertiary/aromatic N) is 1. The van der Waals surface area contributed by atoms with Crippen LogP contribution >= 0.6 is 0 Å². The molecule has 2 amide bonds. The van der Waals surface area contributed by atoms with Crippen LogP contribution in [0.2, 0.25) is 0 Å². The van der Waals surface area contributed by atoms with Crippen LogP contribution in [0.3, 0.4) is 0 Å². The number of rotatable bonds is 7. The Morgan fingerprint density at radius 1 is 1.58 bits per heavy atom. The van der Waals surface area contributed by atoms with Crippen molar-refractivity contribution in [3.63, 3.8) is 0 Å². The van der Waals surface area contributed by atoms with E-state index in [9.17, 15) is 14.0 Å². The van der Waals surface area contributed by atoms with Crippen molar-refractivity contribution in [2.45, 2.75) is 19.0 Å². The second-order valence-corrected chi connectivity index (χ2v) is 5.53. The number of piperazine rings is 1. The average molecular weight is 335 g/mol. The molecule has 1 aromatic rings. The van der Waals surface area contributed by atoms with Crippen molar-refractivity contribution in [2.75, 3.05) is 26.7 Å². The highest BCUT2D eigenvalue weighted by Gasteiger charge is 2.31. The normalized spacial score (nSPS) is 17.9. The van der Waals surface area contributed by atoms with Gasteiger partial charge >= 0.3 is 0 Å². The predicted molar refractivity (Wildman–Crippen MR) is 88.0 cm³/mol. The van der Waals surface area contributed by atoms with Crippen LogP contribution in [0.1, 0.15) is 12.0 Å². The second kappa shape index (κ2) is 8.44. The van der Waals surface area contributed by atoms with Crippen LogP contribution in [0.5, 0.6) is 5.75 Å². The maximum Gasteiger partial charge on any atom is 0.237 e. The zero-order valence-electron chi connectivity index (χ0n) is 13.7. The standard InChI is InChI=1S/C17H22FN3O3/c1-3-6-19-16(22)10-15-17(23)20-7-8-21(15)11-12-4-5-13(24-2)9-14(12)18/h3-5,9,15H,1,6-8,10-11H2,2H3,(H,19,22)(H,20,23). The van der Waals surface area contributed by atoms with Gasteiger partial charge in [-0.25, -0.2) is 4.39 Å². The second-order valence-electron chi connectivity index (χ2n) is 5.53. The molecule has 0 aliphatic carbocycles. The van der Waals surface area contributed by atoms with Crippen molar-refractivity contribution in [2.24, 2.45) is 0 Å². The monoisotopic (exact) mass is 335 g/mol. The Hall–Kier alpha value is -2.41. The lowest BCUT2D eigenvalue weighted by Crippen LogP contribution is -2.56. The number of hydrogen-bond donors (Lipinski definition) is 2. The van der Waals surface area contributed by atoms with Gasteiger partial charge in [-0.3, -0.25) is 14.5 Å². The third-order valence-electron chi connectivity index (χ3n) is 3.90. The average Bonchev–Trinajstić information content (AvgIpc) is 2.57. The first kappa shape index (κ1) is 17.9. The molecule has 24 heavy (non-hydrogen) atoms. The minimum absolute atomic E-state index is 0.0252. The maximum absolute atomic E-state index is 14.1. The van der Waals surface area contributed by atoms with Crippen LogP contribution < -0.4 is 15.4 Å². The van der Waals surface area contributed by atoms with Gasteiger partial charge in [0.2, 0.25) is 11.8 Å². The number of hydrogen-bond acceptors (Lipinski definition) is 4. The molecule has 2 rings (SSSR count). The van der Waals surface area contributed by atoms with Gasteiger partial charge in [-0.2, -0.15) is 0 Å². The quantitative estimate of drug-likeness (QED) is 0.724. The molecule has 0 spiro atoms. The Morgan fingerprint density at radius 3 is 3.04 bits per heavy atom. The van der Waals surface area contributed by atoms with Crippen LogP contribution in [-0.4, -0.2) is 49.5 Å². The van der Waals surface area contributed by atoms with Crippen molar-refractivity contribution < 1.29 is 18.7 Å². The third-order valence-corrected chi connectivity index (χ3v) is 3.90. The van der Waals surface area contributed by atoms with E-state index in [0.717, 1.165) is 0 Å². The fourth-order valence-electron chi connectivity index (χ4n) is 2.61. The van der Waals surface area contributed by atoms with Crippen molar-refractivity contribution in [3.8, 4) is 5.75 Å². The molecule has 0 aromatic heterocycles. The Balaban J connectivity index is 2.09. The van der Waals surface area contributed by atoms with Crippen molar-refractivity contribution >= 4 is 11.8 Å². The highest BCUT2D eigenvalue weighted by atomic mass is 19.1. The van der Waals surface area contributed by atoms with E-state index in [1.807, 2.05) is 4.90 Å². The zero-order valence-corrected chi connectivity index (χ0v) is 13.7. The molecule has 0 bridgehead atoms. The molecule has 1 saturated heterocycles. The number of nitrogens with one attached hydrogen (secondary N) is 2. The Kier molecular flexibility index (Phi) is 6.31. The summed E-state index contributed by atoms with van der Waals surface area (Å²) in [6.45, 7) is 5.16. The van der Waals surface area contributed by atoms with E-state index in [-0.39, 0.29) is 24.8 Å². The number of amides is 2. The number of halogens is 1. The first-order valence-electron chi connectivity index (χ1n) is 7.77. The van der Waals surface area contributed by atoms with E-state index in [1.165, 1.54) is 13.2 Å². The van der Waals surface area contributed by atoms with Gasteiger partial charge in [0.1, 0.15) is 11.6 Å². The highest BCUT2D eigenvalue weighted by Crippen LogP contribution is 2.20. The highest BCUT2D eigenvalue weighted by molar-refractivity contribution is 5.88. The van der Waals surface area contributed by atoms with Gasteiger partial charge in [-0.05, 0) is 6.07 Å². The molecule has 7 heteroatoms. The number of carbonyl (C=O) groups excluding carboxylic acids is 2. The fourth-order valence-corrected chi connectivity index (χ4v) is 2.61. The van der Waals surface area contributed by atoms with Gasteiger partial charge in [0.05, 0.1) is 19.6 Å². The smallest absolute Gasteiger partial charge is 0.237 e. The van der Waals surface area contributed by atoms with Crippen molar-refractivity contribution in [1.29, 1.82) is 0 Å². The molecular formula is C17H22FN3O3. The summed E-state index contributed by atoms with van der Waals surface area (Å²) < 4.78 is 19.1. The summed E-state index contributed by atoms with van der Waals surface area (Å²) in [4.78, 5) is 25.8. The Bertz CT molecular complexity index is 621. The fraction of sp³-hybridized carbons (Fsp3) is 0.412. The maximum atomic E-state index is 14.1. The Labute approximate surface area is 140 Å². The van der Waals surface area contributed by atoms with Crippen LogP contribution in [0.25, 0.3) is 0 Å². The molecule has 1 aromatic carbocycles. The van der Waals surface area contributed by atoms with Gasteiger partial charge in [0.15, 0.2) is 0 Å². The summed E-state index contributed by atoms with van der Waals surface area (Å²) in [5, 5.41) is 5.40. The predicted octanol–water partition coefficient (Wildman–Crippen LogP) is 0.827. The molecule has 1 heterocycles. The van der Waals surface area contributed by atoms with E-state index >= 15 is 0 Å². The molecule has 6 nitrogen and oxygen atoms in total. The Morgan fingerprint density at radius 2 is 2.38 bits per heavy atom. The molecule has 1 aliphatic rings. The zero-order chi connectivity index (χ0) is 17.5. The SMILES string of the molecule is C=CCNC(=O)CC1C(=O)NCCN1Cc1ccc(OC)cc1F. The van der Waals surface area contributed by atoms with Crippen LogP contribution in [0.15, 0.2) is 30.9 Å². The van der Waals surface area contributed by atoms with Crippen LogP contribution in [-0.2, 0) is 16.1 Å². The minimum atomic E-state index is -0.620. The molecule has 2 N–H and O–H groups in total. The largest absolute Gasteiger partial charge is 0.497 e. The number of methoxy groups -OCH3 is 1. The first-order valence-corrected chi connectivity index (χ1v) is 7.77. The van der Waals surface area contributed by atoms with E-state index in [4.69, 9.17) is 4.74 Å². The molecular weight excluding hydrogens is 313 g/mol. The van der Waals surface area contributed by atoms with E-state index < -0.39 is 11.9 Å². The summed E-state index contributed by atoms with van der Waals surface area (Å²) in [5.74, 6) is -0.413. The molecule has 130 valence electrons. The molecule has 1 aliphatic heterocycles. The lowest BCUT2D eigenvalue weighted by molar-refractivity contribution is -0.134. The van der Waals surface area contributed by atoms with Gasteiger partial charge in [-0.15, -0.1) is 6.58 Å². The third kappa shape index (κ3) is 4.55. The van der Waals surface area contributed by atoms with Gasteiger partial charge in [0, 0.05) is 37.8 Å². The molecule has 0 saturated carbocycles. The number of benzene rings is 1. The summed E-state index contributed by atoms with van der Waals surface area (Å²) in [5.41, 5.74) is 0.460. The van der Waals surface area contributed by atoms with Crippen LogP contribution in [0.4, 0.5) is 4.39 Å². The summed E-state index contributed by atoms with van der Waals surface area (Å²) in [7, 11) is 1.47. The number of ether oxygens (including phenoxy) is 1. The molecule has 1 fully saturated rings. The lowest BCUT2D eigenvalue weighted by Gasteiger charge is -2.34. The molecule has 1 atom stereocenters. The minimum Gasteiger partial charge on any atom is -0.497 e. The molecule has 1 unspecified atom stereocenters. The van der Waals surface area contributed by atoms with Crippen molar-refractivity contribution in [3.05, 3.63) is 42.2 Å². The van der Waals surface area contributed by atoms with Gasteiger partial charge < -0.3 is 15.4 Å². The van der Waals surface area contributed by atoms with Crippen LogP contribution in [0, 0.1) is 5.82 Å². The van der Waals surface area contributed by atoms with E-state index in [0.29, 0.717) is 30.9 Å². The summed E-state index contributed by atoms with van der Waals surface area (Å²) >= 11 is 0. The lowest BCUT2D eigenvalue weighted by atomic mass is 10.1. The summed E-state index contributed by atoms with van der Waals surface area (Å²) in [6, 6.07) is 4.00. The van der Waals surface area contributed by atoms with Gasteiger partial charge in [0.25, 0.3) is 0 Å². The number of carbonyl (C=O) groups is 2. The van der Waals surface area contributed by atoms with Gasteiger partial charge in [-0.1, -0.05) is 12.1 Å². The van der Waals surface area contributed by atoms with E-state index in [2.05, 4.69) is 17.2 Å². The molecule has 0 radical (unpaired) electrons. The van der Waals surface area contributed by atoms with Crippen molar-refractivity contribution in [1.82, 2.24) is 15.5 Å². The topological polar surface area (TPSA) is 70.7 Å².